The van der Waals surface area contributed by atoms with Gasteiger partial charge in [0.1, 0.15) is 5.75 Å². The number of nitrogens with zero attached hydrogens (tertiary/aromatic N) is 1. The molecule has 1 aromatic rings. The second-order valence-electron chi connectivity index (χ2n) is 4.36. The number of rotatable bonds is 6. The molecule has 0 fully saturated rings. The van der Waals surface area contributed by atoms with E-state index in [1.165, 1.54) is 0 Å². The van der Waals surface area contributed by atoms with Crippen LogP contribution in [0.3, 0.4) is 0 Å². The van der Waals surface area contributed by atoms with E-state index < -0.39 is 0 Å². The Morgan fingerprint density at radius 3 is 2.72 bits per heavy atom. The van der Waals surface area contributed by atoms with Crippen molar-refractivity contribution in [1.82, 2.24) is 4.90 Å². The summed E-state index contributed by atoms with van der Waals surface area (Å²) < 4.78 is 5.22. The first-order chi connectivity index (χ1) is 8.56. The maximum absolute atomic E-state index is 11.6. The van der Waals surface area contributed by atoms with Crippen LogP contribution in [0.1, 0.15) is 12.0 Å². The van der Waals surface area contributed by atoms with Crippen molar-refractivity contribution in [2.75, 3.05) is 33.1 Å². The van der Waals surface area contributed by atoms with E-state index in [0.717, 1.165) is 12.1 Å². The molecule has 100 valence electrons. The molecule has 5 nitrogen and oxygen atoms in total. The fourth-order valence-corrected chi connectivity index (χ4v) is 1.66. The Bertz CT molecular complexity index is 405. The molecule has 5 heteroatoms. The Balaban J connectivity index is 2.88. The Labute approximate surface area is 108 Å². The zero-order valence-corrected chi connectivity index (χ0v) is 11.2. The van der Waals surface area contributed by atoms with Crippen LogP contribution in [0.15, 0.2) is 18.2 Å². The summed E-state index contributed by atoms with van der Waals surface area (Å²) in [5.74, 6) is 0.556. The number of carbonyl (C=O) groups is 1. The number of methoxy groups -OCH3 is 1. The number of anilines is 1. The Hall–Kier alpha value is -1.59. The largest absolute Gasteiger partial charge is 0.495 e. The smallest absolute Gasteiger partial charge is 0.225 e. The van der Waals surface area contributed by atoms with Gasteiger partial charge in [0, 0.05) is 19.5 Å². The first-order valence-electron chi connectivity index (χ1n) is 5.88. The third-order valence-electron chi connectivity index (χ3n) is 2.41. The van der Waals surface area contributed by atoms with E-state index in [4.69, 9.17) is 10.5 Å². The van der Waals surface area contributed by atoms with E-state index in [-0.39, 0.29) is 5.91 Å². The molecule has 1 aromatic carbocycles. The molecule has 3 N–H and O–H groups in total. The number of benzene rings is 1. The summed E-state index contributed by atoms with van der Waals surface area (Å²) >= 11 is 0. The van der Waals surface area contributed by atoms with E-state index in [0.29, 0.717) is 24.4 Å². The molecule has 0 aliphatic rings. The van der Waals surface area contributed by atoms with Crippen LogP contribution in [-0.2, 0) is 11.3 Å². The van der Waals surface area contributed by atoms with Crippen LogP contribution in [0.5, 0.6) is 5.75 Å². The minimum atomic E-state index is -0.0993. The quantitative estimate of drug-likeness (QED) is 0.793. The third kappa shape index (κ3) is 4.35. The van der Waals surface area contributed by atoms with Crippen LogP contribution in [-0.4, -0.2) is 38.6 Å². The number of amides is 1. The van der Waals surface area contributed by atoms with Crippen LogP contribution in [0.4, 0.5) is 5.69 Å². The van der Waals surface area contributed by atoms with Gasteiger partial charge in [0.05, 0.1) is 12.8 Å². The van der Waals surface area contributed by atoms with Crippen LogP contribution in [0.25, 0.3) is 0 Å². The van der Waals surface area contributed by atoms with E-state index in [9.17, 15) is 4.79 Å². The monoisotopic (exact) mass is 251 g/mol. The Morgan fingerprint density at radius 2 is 2.17 bits per heavy atom. The molecule has 0 saturated carbocycles. The average Bonchev–Trinajstić information content (AvgIpc) is 2.28. The number of hydrogen-bond acceptors (Lipinski definition) is 4. The van der Waals surface area contributed by atoms with Gasteiger partial charge in [-0.3, -0.25) is 4.79 Å². The maximum atomic E-state index is 11.6. The Morgan fingerprint density at radius 1 is 1.44 bits per heavy atom. The minimum absolute atomic E-state index is 0.0993. The molecular formula is C13H21N3O2. The van der Waals surface area contributed by atoms with Gasteiger partial charge in [-0.2, -0.15) is 0 Å². The third-order valence-corrected chi connectivity index (χ3v) is 2.41. The lowest BCUT2D eigenvalue weighted by atomic mass is 10.1. The molecule has 0 aromatic heterocycles. The number of hydrogen-bond donors (Lipinski definition) is 2. The average molecular weight is 251 g/mol. The van der Waals surface area contributed by atoms with Gasteiger partial charge in [0.2, 0.25) is 5.91 Å². The molecule has 0 heterocycles. The van der Waals surface area contributed by atoms with E-state index >= 15 is 0 Å². The summed E-state index contributed by atoms with van der Waals surface area (Å²) in [5.41, 5.74) is 7.16. The molecule has 0 aliphatic heterocycles. The summed E-state index contributed by atoms with van der Waals surface area (Å²) in [7, 11) is 5.58. The zero-order valence-electron chi connectivity index (χ0n) is 11.2. The van der Waals surface area contributed by atoms with E-state index in [2.05, 4.69) is 10.2 Å². The van der Waals surface area contributed by atoms with Crippen molar-refractivity contribution in [3.63, 3.8) is 0 Å². The van der Waals surface area contributed by atoms with Crippen molar-refractivity contribution in [2.45, 2.75) is 13.0 Å². The van der Waals surface area contributed by atoms with Crippen molar-refractivity contribution in [3.05, 3.63) is 23.8 Å². The summed E-state index contributed by atoms with van der Waals surface area (Å²) in [6, 6.07) is 5.77. The lowest BCUT2D eigenvalue weighted by Gasteiger charge is -2.14. The predicted octanol–water partition coefficient (Wildman–Crippen LogP) is 1.04. The van der Waals surface area contributed by atoms with Crippen molar-refractivity contribution in [1.29, 1.82) is 0 Å². The summed E-state index contributed by atoms with van der Waals surface area (Å²) in [5, 5.41) is 2.81. The highest BCUT2D eigenvalue weighted by Gasteiger charge is 2.08. The molecule has 0 unspecified atom stereocenters. The van der Waals surface area contributed by atoms with Crippen LogP contribution >= 0.6 is 0 Å². The van der Waals surface area contributed by atoms with Gasteiger partial charge in [-0.25, -0.2) is 0 Å². The van der Waals surface area contributed by atoms with Crippen LogP contribution in [0.2, 0.25) is 0 Å². The SMILES string of the molecule is COc1ccc(CN(C)C)cc1NC(=O)CCN. The van der Waals surface area contributed by atoms with Gasteiger partial charge in [0.15, 0.2) is 0 Å². The molecule has 0 radical (unpaired) electrons. The van der Waals surface area contributed by atoms with E-state index in [1.807, 2.05) is 32.3 Å². The first-order valence-corrected chi connectivity index (χ1v) is 5.88. The number of ether oxygens (including phenoxy) is 1. The highest BCUT2D eigenvalue weighted by atomic mass is 16.5. The van der Waals surface area contributed by atoms with Gasteiger partial charge < -0.3 is 20.7 Å². The second kappa shape index (κ2) is 6.98. The normalized spacial score (nSPS) is 10.5. The van der Waals surface area contributed by atoms with Crippen LogP contribution in [0, 0.1) is 0 Å². The van der Waals surface area contributed by atoms with Crippen molar-refractivity contribution < 1.29 is 9.53 Å². The van der Waals surface area contributed by atoms with Crippen molar-refractivity contribution >= 4 is 11.6 Å². The molecular weight excluding hydrogens is 230 g/mol. The van der Waals surface area contributed by atoms with Gasteiger partial charge in [-0.15, -0.1) is 0 Å². The van der Waals surface area contributed by atoms with Gasteiger partial charge in [-0.1, -0.05) is 6.07 Å². The fourth-order valence-electron chi connectivity index (χ4n) is 1.66. The molecule has 0 aliphatic carbocycles. The number of nitrogens with two attached hydrogens (primary N) is 1. The molecule has 1 amide bonds. The highest BCUT2D eigenvalue weighted by Crippen LogP contribution is 2.26. The fraction of sp³-hybridized carbons (Fsp3) is 0.462. The lowest BCUT2D eigenvalue weighted by molar-refractivity contribution is -0.116. The molecule has 0 bridgehead atoms. The molecule has 1 rings (SSSR count). The van der Waals surface area contributed by atoms with Gasteiger partial charge in [-0.05, 0) is 31.8 Å². The Kier molecular flexibility index (Phi) is 5.61. The second-order valence-corrected chi connectivity index (χ2v) is 4.36. The number of carbonyl (C=O) groups excluding carboxylic acids is 1. The molecule has 18 heavy (non-hydrogen) atoms. The van der Waals surface area contributed by atoms with Gasteiger partial charge in [0.25, 0.3) is 0 Å². The maximum Gasteiger partial charge on any atom is 0.225 e. The van der Waals surface area contributed by atoms with E-state index in [1.54, 1.807) is 7.11 Å². The molecule has 0 saturated heterocycles. The minimum Gasteiger partial charge on any atom is -0.495 e. The molecule has 0 atom stereocenters. The first kappa shape index (κ1) is 14.5. The topological polar surface area (TPSA) is 67.6 Å². The summed E-state index contributed by atoms with van der Waals surface area (Å²) in [6.45, 7) is 1.15. The number of nitrogens with one attached hydrogen (secondary N) is 1. The highest BCUT2D eigenvalue weighted by molar-refractivity contribution is 5.92. The molecule has 0 spiro atoms. The lowest BCUT2D eigenvalue weighted by Crippen LogP contribution is -2.17. The predicted molar refractivity (Wildman–Crippen MR) is 72.7 cm³/mol. The standard InChI is InChI=1S/C13H21N3O2/c1-16(2)9-10-4-5-12(18-3)11(8-10)15-13(17)6-7-14/h4-5,8H,6-7,9,14H2,1-3H3,(H,15,17). The summed E-state index contributed by atoms with van der Waals surface area (Å²) in [4.78, 5) is 13.6. The van der Waals surface area contributed by atoms with Gasteiger partial charge >= 0.3 is 0 Å². The van der Waals surface area contributed by atoms with Crippen molar-refractivity contribution in [3.8, 4) is 5.75 Å². The van der Waals surface area contributed by atoms with Crippen LogP contribution < -0.4 is 15.8 Å². The van der Waals surface area contributed by atoms with Crippen molar-refractivity contribution in [2.24, 2.45) is 5.73 Å². The zero-order chi connectivity index (χ0) is 13.5. The summed E-state index contributed by atoms with van der Waals surface area (Å²) in [6.07, 6.45) is 0.307.